The van der Waals surface area contributed by atoms with Crippen molar-refractivity contribution in [3.05, 3.63) is 47.7 Å². The largest absolute Gasteiger partial charge is 0.421 e. The number of amides is 1. The summed E-state index contributed by atoms with van der Waals surface area (Å²) in [6, 6.07) is 5.87. The zero-order valence-corrected chi connectivity index (χ0v) is 23.5. The lowest BCUT2D eigenvalue weighted by Crippen LogP contribution is -2.36. The van der Waals surface area contributed by atoms with E-state index in [0.717, 1.165) is 49.7 Å². The third-order valence-electron chi connectivity index (χ3n) is 7.22. The van der Waals surface area contributed by atoms with E-state index in [9.17, 15) is 18.0 Å². The summed E-state index contributed by atoms with van der Waals surface area (Å²) in [5, 5.41) is 6.40. The predicted molar refractivity (Wildman–Crippen MR) is 156 cm³/mol. The second kappa shape index (κ2) is 14.5. The van der Waals surface area contributed by atoms with Crippen molar-refractivity contribution < 1.29 is 22.7 Å². The molecule has 9 nitrogen and oxygen atoms in total. The van der Waals surface area contributed by atoms with E-state index in [2.05, 4.69) is 44.7 Å². The molecule has 1 atom stereocenters. The number of alkyl halides is 3. The number of aliphatic imine (C=N–C) groups is 2. The molecule has 0 radical (unpaired) electrons. The SMILES string of the molecule is CN1CC=CC(Nc2ccc(N/C=C(\C(N=CN)=NCCCN3CCOCCCC3=O)C(F)(F)F)c(C3CC3)c2)C1. The van der Waals surface area contributed by atoms with Crippen LogP contribution in [0, 0.1) is 0 Å². The number of nitrogens with one attached hydrogen (secondary N) is 2. The molecule has 0 bridgehead atoms. The molecule has 0 spiro atoms. The Bertz CT molecular complexity index is 1160. The number of hydrogen-bond acceptors (Lipinski definition) is 6. The third-order valence-corrected chi connectivity index (χ3v) is 7.22. The molecule has 2 heterocycles. The van der Waals surface area contributed by atoms with E-state index in [4.69, 9.17) is 10.5 Å². The quantitative estimate of drug-likeness (QED) is 0.168. The van der Waals surface area contributed by atoms with Gasteiger partial charge in [-0.05, 0) is 62.4 Å². The highest BCUT2D eigenvalue weighted by Gasteiger charge is 2.37. The topological polar surface area (TPSA) is 108 Å². The van der Waals surface area contributed by atoms with Gasteiger partial charge in [-0.25, -0.2) is 4.99 Å². The van der Waals surface area contributed by atoms with Crippen LogP contribution in [0.5, 0.6) is 0 Å². The van der Waals surface area contributed by atoms with Crippen LogP contribution in [-0.2, 0) is 9.53 Å². The number of hydrogen-bond donors (Lipinski definition) is 3. The van der Waals surface area contributed by atoms with Crippen LogP contribution in [0.3, 0.4) is 0 Å². The second-order valence-electron chi connectivity index (χ2n) is 10.6. The molecule has 1 amide bonds. The van der Waals surface area contributed by atoms with Crippen molar-refractivity contribution in [3.63, 3.8) is 0 Å². The van der Waals surface area contributed by atoms with Crippen molar-refractivity contribution in [2.75, 3.05) is 63.6 Å². The van der Waals surface area contributed by atoms with Crippen molar-refractivity contribution in [1.82, 2.24) is 9.80 Å². The van der Waals surface area contributed by atoms with Crippen LogP contribution < -0.4 is 16.4 Å². The Kier molecular flexibility index (Phi) is 10.8. The Morgan fingerprint density at radius 1 is 1.27 bits per heavy atom. The molecule has 0 aromatic heterocycles. The smallest absolute Gasteiger partial charge is 0.390 e. The maximum atomic E-state index is 14.2. The van der Waals surface area contributed by atoms with Crippen LogP contribution in [0.15, 0.2) is 52.1 Å². The summed E-state index contributed by atoms with van der Waals surface area (Å²) >= 11 is 0. The Hall–Kier alpha value is -3.38. The van der Waals surface area contributed by atoms with Gasteiger partial charge < -0.3 is 30.9 Å². The van der Waals surface area contributed by atoms with Crippen LogP contribution in [0.25, 0.3) is 0 Å². The molecule has 4 rings (SSSR count). The normalized spacial score (nSPS) is 21.7. The number of nitrogens with zero attached hydrogens (tertiary/aromatic N) is 4. The highest BCUT2D eigenvalue weighted by Crippen LogP contribution is 2.44. The average Bonchev–Trinajstić information content (AvgIpc) is 3.76. The van der Waals surface area contributed by atoms with E-state index >= 15 is 0 Å². The molecule has 1 aromatic carbocycles. The maximum absolute atomic E-state index is 14.2. The Balaban J connectivity index is 1.46. The number of anilines is 2. The first-order valence-electron chi connectivity index (χ1n) is 14.2. The summed E-state index contributed by atoms with van der Waals surface area (Å²) in [4.78, 5) is 24.0. The van der Waals surface area contributed by atoms with E-state index in [1.807, 2.05) is 18.2 Å². The molecular formula is C29H40F3N7O2. The maximum Gasteiger partial charge on any atom is 0.421 e. The van der Waals surface area contributed by atoms with Gasteiger partial charge in [0.15, 0.2) is 5.84 Å². The number of amidine groups is 1. The van der Waals surface area contributed by atoms with Crippen LogP contribution in [0.1, 0.15) is 43.6 Å². The molecule has 4 N–H and O–H groups in total. The second-order valence-corrected chi connectivity index (χ2v) is 10.6. The molecule has 1 unspecified atom stereocenters. The fourth-order valence-electron chi connectivity index (χ4n) is 4.96. The van der Waals surface area contributed by atoms with Crippen LogP contribution in [-0.4, -0.2) is 93.1 Å². The zero-order chi connectivity index (χ0) is 29.2. The number of halogens is 3. The number of rotatable bonds is 10. The monoisotopic (exact) mass is 575 g/mol. The number of carbonyl (C=O) groups excluding carboxylic acids is 1. The molecule has 41 heavy (non-hydrogen) atoms. The fraction of sp³-hybridized carbons (Fsp3) is 0.552. The molecular weight excluding hydrogens is 535 g/mol. The van der Waals surface area contributed by atoms with Gasteiger partial charge in [0.05, 0.1) is 19.0 Å². The lowest BCUT2D eigenvalue weighted by atomic mass is 10.1. The number of benzene rings is 1. The van der Waals surface area contributed by atoms with Crippen molar-refractivity contribution in [2.24, 2.45) is 15.7 Å². The molecule has 3 aliphatic rings. The Labute approximate surface area is 239 Å². The van der Waals surface area contributed by atoms with Crippen LogP contribution in [0.2, 0.25) is 0 Å². The molecule has 224 valence electrons. The summed E-state index contributed by atoms with van der Waals surface area (Å²) in [6.45, 7) is 3.69. The minimum absolute atomic E-state index is 0.0211. The van der Waals surface area contributed by atoms with Gasteiger partial charge in [0.1, 0.15) is 5.57 Å². The molecule has 12 heteroatoms. The van der Waals surface area contributed by atoms with Crippen molar-refractivity contribution >= 4 is 29.5 Å². The van der Waals surface area contributed by atoms with E-state index in [1.54, 1.807) is 4.90 Å². The van der Waals surface area contributed by atoms with Gasteiger partial charge in [-0.3, -0.25) is 9.79 Å². The molecule has 1 saturated carbocycles. The van der Waals surface area contributed by atoms with Gasteiger partial charge in [0.25, 0.3) is 0 Å². The highest BCUT2D eigenvalue weighted by atomic mass is 19.4. The average molecular weight is 576 g/mol. The van der Waals surface area contributed by atoms with E-state index < -0.39 is 17.6 Å². The first-order chi connectivity index (χ1) is 19.7. The van der Waals surface area contributed by atoms with Gasteiger partial charge in [-0.15, -0.1) is 0 Å². The first kappa shape index (κ1) is 30.6. The summed E-state index contributed by atoms with van der Waals surface area (Å²) in [6.07, 6.45) is 4.71. The lowest BCUT2D eigenvalue weighted by molar-refractivity contribution is -0.133. The van der Waals surface area contributed by atoms with Gasteiger partial charge in [0, 0.05) is 63.3 Å². The first-order valence-corrected chi connectivity index (χ1v) is 14.2. The van der Waals surface area contributed by atoms with Gasteiger partial charge >= 0.3 is 6.18 Å². The van der Waals surface area contributed by atoms with Crippen molar-refractivity contribution in [2.45, 2.75) is 50.2 Å². The molecule has 1 aromatic rings. The molecule has 2 aliphatic heterocycles. The Morgan fingerprint density at radius 3 is 2.83 bits per heavy atom. The lowest BCUT2D eigenvalue weighted by Gasteiger charge is -2.27. The molecule has 1 aliphatic carbocycles. The summed E-state index contributed by atoms with van der Waals surface area (Å²) in [7, 11) is 2.06. The number of ether oxygens (including phenoxy) is 1. The van der Waals surface area contributed by atoms with E-state index in [0.29, 0.717) is 57.2 Å². The zero-order valence-electron chi connectivity index (χ0n) is 23.5. The highest BCUT2D eigenvalue weighted by molar-refractivity contribution is 6.03. The van der Waals surface area contributed by atoms with Crippen molar-refractivity contribution in [3.8, 4) is 0 Å². The number of carbonyl (C=O) groups is 1. The fourth-order valence-corrected chi connectivity index (χ4v) is 4.96. The van der Waals surface area contributed by atoms with E-state index in [1.165, 1.54) is 0 Å². The Morgan fingerprint density at radius 2 is 2.10 bits per heavy atom. The summed E-state index contributed by atoms with van der Waals surface area (Å²) in [5.74, 6) is -0.180. The summed E-state index contributed by atoms with van der Waals surface area (Å²) in [5.41, 5.74) is 6.90. The predicted octanol–water partition coefficient (Wildman–Crippen LogP) is 4.12. The minimum atomic E-state index is -4.71. The van der Waals surface area contributed by atoms with Gasteiger partial charge in [-0.2, -0.15) is 13.2 Å². The van der Waals surface area contributed by atoms with Crippen LogP contribution in [0.4, 0.5) is 24.5 Å². The molecule has 2 fully saturated rings. The molecule has 1 saturated heterocycles. The van der Waals surface area contributed by atoms with Crippen molar-refractivity contribution in [1.29, 1.82) is 0 Å². The third kappa shape index (κ3) is 9.32. The number of nitrogens with two attached hydrogens (primary N) is 1. The standard InChI is InChI=1S/C29H40F3N7O2/c1-38-12-2-5-23(19-38)37-22-9-10-26(24(17-22)21-7-8-21)35-18-25(29(30,31)32)28(36-20-33)34-11-4-13-39-14-16-41-15-3-6-27(39)40/h2,5,9-10,17-18,20-21,23,35,37H,3-4,6-8,11-16,19H2,1H3,(H2,33,34,36)/b25-18+. The summed E-state index contributed by atoms with van der Waals surface area (Å²) < 4.78 is 47.9. The van der Waals surface area contributed by atoms with Gasteiger partial charge in [0.2, 0.25) is 5.91 Å². The van der Waals surface area contributed by atoms with Crippen LogP contribution >= 0.6 is 0 Å². The van der Waals surface area contributed by atoms with Gasteiger partial charge in [-0.1, -0.05) is 12.2 Å². The number of likely N-dealkylation sites (N-methyl/N-ethyl adjacent to an activating group) is 1. The van der Waals surface area contributed by atoms with E-state index in [-0.39, 0.29) is 18.5 Å². The minimum Gasteiger partial charge on any atom is -0.390 e.